The van der Waals surface area contributed by atoms with Gasteiger partial charge in [0.1, 0.15) is 0 Å². The van der Waals surface area contributed by atoms with Crippen LogP contribution in [0.15, 0.2) is 182 Å². The number of hydrogen-bond donors (Lipinski definition) is 0. The number of aromatic nitrogens is 1. The second-order valence-electron chi connectivity index (χ2n) is 17.6. The summed E-state index contributed by atoms with van der Waals surface area (Å²) in [6, 6.07) is 68.9. The number of rotatable bonds is 3. The first-order chi connectivity index (χ1) is 28.9. The summed E-state index contributed by atoms with van der Waals surface area (Å²) in [4.78, 5) is 2.63. The Balaban J connectivity index is 1.32. The number of fused-ring (bicyclic) bond motifs is 13. The molecule has 59 heavy (non-hydrogen) atoms. The average molecular weight is 771 g/mol. The lowest BCUT2D eigenvalue weighted by molar-refractivity contribution is 0.587. The highest BCUT2D eigenvalue weighted by atomic mass is 32.1. The van der Waals surface area contributed by atoms with Crippen LogP contribution in [0.3, 0.4) is 0 Å². The van der Waals surface area contributed by atoms with Crippen LogP contribution in [-0.2, 0) is 10.8 Å². The molecule has 0 atom stereocenters. The van der Waals surface area contributed by atoms with E-state index >= 15 is 0 Å². The standard InChI is InChI=1S/C55H39BN2S/c1-54(2,3)36-31-42-50-45(32-36)57(37-23-11-6-12-24-37)46-33-41-38-25-13-16-28-43(38)58-44-29-17-14-26-39(44)48(52(41)58)51(46)56(50)53-49(40-27-15-18-30-47(40)59-53)55(42,34-19-7-4-8-20-34)35-21-9-5-10-22-35/h4-33H,1-3H3. The van der Waals surface area contributed by atoms with Gasteiger partial charge in [-0.3, -0.25) is 0 Å². The highest BCUT2D eigenvalue weighted by molar-refractivity contribution is 7.33. The Morgan fingerprint density at radius 1 is 0.525 bits per heavy atom. The van der Waals surface area contributed by atoms with E-state index in [1.165, 1.54) is 109 Å². The fourth-order valence-electron chi connectivity index (χ4n) is 11.2. The molecule has 0 N–H and O–H groups in total. The minimum Gasteiger partial charge on any atom is -0.311 e. The molecule has 0 bridgehead atoms. The van der Waals surface area contributed by atoms with E-state index in [-0.39, 0.29) is 12.1 Å². The molecular weight excluding hydrogens is 731 g/mol. The zero-order valence-electron chi connectivity index (χ0n) is 33.2. The van der Waals surface area contributed by atoms with Gasteiger partial charge in [0.05, 0.1) is 22.0 Å². The fourth-order valence-corrected chi connectivity index (χ4v) is 12.6. The van der Waals surface area contributed by atoms with Gasteiger partial charge >= 0.3 is 0 Å². The van der Waals surface area contributed by atoms with E-state index in [4.69, 9.17) is 0 Å². The molecule has 0 radical (unpaired) electrons. The third-order valence-electron chi connectivity index (χ3n) is 13.6. The number of para-hydroxylation sites is 3. The molecule has 4 heteroatoms. The van der Waals surface area contributed by atoms with Crippen LogP contribution in [0, 0.1) is 0 Å². The van der Waals surface area contributed by atoms with Crippen molar-refractivity contribution >= 4 is 99.0 Å². The smallest absolute Gasteiger partial charge is 0.260 e. The third kappa shape index (κ3) is 4.22. The average Bonchev–Trinajstić information content (AvgIpc) is 3.94. The van der Waals surface area contributed by atoms with Crippen molar-refractivity contribution in [2.24, 2.45) is 0 Å². The van der Waals surface area contributed by atoms with E-state index in [1.807, 2.05) is 11.3 Å². The van der Waals surface area contributed by atoms with Crippen molar-refractivity contribution in [1.29, 1.82) is 0 Å². The molecule has 2 aliphatic heterocycles. The Morgan fingerprint density at radius 2 is 1.08 bits per heavy atom. The van der Waals surface area contributed by atoms with Gasteiger partial charge in [-0.2, -0.15) is 0 Å². The SMILES string of the molecule is CC(C)(C)c1cc2c3c(c1)C(c1ccccc1)(c1ccccc1)c1c(sc4ccccc14)B3c1c(cc3c4ccccc4n4c5ccccc5c1c34)N2c1ccccc1. The molecule has 0 amide bonds. The molecule has 11 aromatic rings. The predicted molar refractivity (Wildman–Crippen MR) is 253 cm³/mol. The molecule has 3 aromatic heterocycles. The van der Waals surface area contributed by atoms with E-state index in [0.29, 0.717) is 0 Å². The highest BCUT2D eigenvalue weighted by Crippen LogP contribution is 2.54. The predicted octanol–water partition coefficient (Wildman–Crippen LogP) is 12.3. The first kappa shape index (κ1) is 33.4. The zero-order valence-corrected chi connectivity index (χ0v) is 34.0. The molecule has 0 spiro atoms. The molecule has 0 aliphatic carbocycles. The van der Waals surface area contributed by atoms with Gasteiger partial charge in [-0.05, 0) is 96.8 Å². The van der Waals surface area contributed by atoms with Crippen LogP contribution in [0.5, 0.6) is 0 Å². The van der Waals surface area contributed by atoms with Crippen LogP contribution in [-0.4, -0.2) is 11.1 Å². The molecule has 0 saturated heterocycles. The number of thiophene rings is 1. The lowest BCUT2D eigenvalue weighted by Crippen LogP contribution is -2.64. The minimum absolute atomic E-state index is 0.00560. The topological polar surface area (TPSA) is 7.65 Å². The molecule has 278 valence electrons. The third-order valence-corrected chi connectivity index (χ3v) is 14.8. The minimum atomic E-state index is -0.587. The van der Waals surface area contributed by atoms with E-state index in [0.717, 1.165) is 0 Å². The molecule has 13 rings (SSSR count). The summed E-state index contributed by atoms with van der Waals surface area (Å²) in [6.07, 6.45) is 0. The summed E-state index contributed by atoms with van der Waals surface area (Å²) in [5.41, 5.74) is 16.4. The second kappa shape index (κ2) is 11.7. The van der Waals surface area contributed by atoms with Gasteiger partial charge in [0, 0.05) is 43.3 Å². The summed E-state index contributed by atoms with van der Waals surface area (Å²) >= 11 is 2.00. The van der Waals surface area contributed by atoms with Gasteiger partial charge in [-0.1, -0.05) is 160 Å². The quantitative estimate of drug-likeness (QED) is 0.162. The van der Waals surface area contributed by atoms with Gasteiger partial charge < -0.3 is 9.30 Å². The van der Waals surface area contributed by atoms with Crippen molar-refractivity contribution < 1.29 is 0 Å². The molecule has 0 unspecified atom stereocenters. The van der Waals surface area contributed by atoms with Crippen molar-refractivity contribution in [1.82, 2.24) is 4.40 Å². The number of benzene rings is 8. The van der Waals surface area contributed by atoms with E-state index in [1.54, 1.807) is 0 Å². The molecular formula is C55H39BN2S. The zero-order chi connectivity index (χ0) is 39.2. The Bertz CT molecular complexity index is 3450. The van der Waals surface area contributed by atoms with Gasteiger partial charge in [0.2, 0.25) is 0 Å². The molecule has 0 saturated carbocycles. The molecule has 5 heterocycles. The Kier molecular flexibility index (Phi) is 6.64. The first-order valence-corrected chi connectivity index (χ1v) is 21.6. The van der Waals surface area contributed by atoms with Crippen LogP contribution >= 0.6 is 11.3 Å². The molecule has 2 nitrogen and oxygen atoms in total. The number of hydrogen-bond acceptors (Lipinski definition) is 2. The van der Waals surface area contributed by atoms with Crippen molar-refractivity contribution in [3.63, 3.8) is 0 Å². The van der Waals surface area contributed by atoms with E-state index in [2.05, 4.69) is 212 Å². The largest absolute Gasteiger partial charge is 0.311 e. The van der Waals surface area contributed by atoms with Crippen molar-refractivity contribution in [2.45, 2.75) is 31.6 Å². The van der Waals surface area contributed by atoms with Gasteiger partial charge in [-0.25, -0.2) is 0 Å². The Labute approximate surface area is 348 Å². The van der Waals surface area contributed by atoms with Gasteiger partial charge in [0.15, 0.2) is 0 Å². The Morgan fingerprint density at radius 3 is 1.76 bits per heavy atom. The van der Waals surface area contributed by atoms with Crippen LogP contribution in [0.1, 0.15) is 48.6 Å². The van der Waals surface area contributed by atoms with Crippen LogP contribution in [0.4, 0.5) is 17.1 Å². The molecule has 2 aliphatic rings. The van der Waals surface area contributed by atoms with E-state index < -0.39 is 5.41 Å². The fraction of sp³-hybridized carbons (Fsp3) is 0.0909. The van der Waals surface area contributed by atoms with Crippen LogP contribution in [0.2, 0.25) is 0 Å². The number of anilines is 3. The van der Waals surface area contributed by atoms with Gasteiger partial charge in [-0.15, -0.1) is 11.3 Å². The second-order valence-corrected chi connectivity index (χ2v) is 18.7. The lowest BCUT2D eigenvalue weighted by atomic mass is 9.31. The number of nitrogens with zero attached hydrogens (tertiary/aromatic N) is 2. The maximum absolute atomic E-state index is 2.63. The highest BCUT2D eigenvalue weighted by Gasteiger charge is 2.54. The summed E-state index contributed by atoms with van der Waals surface area (Å²) in [6.45, 7) is 7.12. The van der Waals surface area contributed by atoms with Gasteiger partial charge in [0.25, 0.3) is 6.71 Å². The van der Waals surface area contributed by atoms with Crippen molar-refractivity contribution in [3.05, 3.63) is 210 Å². The maximum Gasteiger partial charge on any atom is 0.260 e. The summed E-state index contributed by atoms with van der Waals surface area (Å²) in [7, 11) is 0. The van der Waals surface area contributed by atoms with Crippen LogP contribution in [0.25, 0.3) is 48.2 Å². The summed E-state index contributed by atoms with van der Waals surface area (Å²) in [5, 5.41) is 6.61. The molecule has 0 fully saturated rings. The molecule has 8 aromatic carbocycles. The van der Waals surface area contributed by atoms with Crippen LogP contribution < -0.4 is 20.6 Å². The maximum atomic E-state index is 2.63. The normalized spacial score (nSPS) is 14.4. The monoisotopic (exact) mass is 770 g/mol. The summed E-state index contributed by atoms with van der Waals surface area (Å²) < 4.78 is 5.32. The summed E-state index contributed by atoms with van der Waals surface area (Å²) in [5.74, 6) is 0. The first-order valence-electron chi connectivity index (χ1n) is 20.8. The van der Waals surface area contributed by atoms with Crippen molar-refractivity contribution in [3.8, 4) is 0 Å². The Hall–Kier alpha value is -6.62. The lowest BCUT2D eigenvalue weighted by Gasteiger charge is -2.48. The van der Waals surface area contributed by atoms with E-state index in [9.17, 15) is 0 Å². The van der Waals surface area contributed by atoms with Crippen molar-refractivity contribution in [2.75, 3.05) is 4.90 Å².